The molecule has 2 aromatic rings. The number of rotatable bonds is 5. The molecular formula is C20H22ClN3O4. The molecule has 0 bridgehead atoms. The van der Waals surface area contributed by atoms with E-state index in [-0.39, 0.29) is 41.2 Å². The highest BCUT2D eigenvalue weighted by atomic mass is 35.5. The van der Waals surface area contributed by atoms with Crippen molar-refractivity contribution < 1.29 is 14.3 Å². The highest BCUT2D eigenvalue weighted by Gasteiger charge is 2.27. The largest absolute Gasteiger partial charge is 0.483 e. The Labute approximate surface area is 167 Å². The molecule has 8 heteroatoms. The Hall–Kier alpha value is -2.80. The minimum Gasteiger partial charge on any atom is -0.483 e. The Morgan fingerprint density at radius 2 is 1.93 bits per heavy atom. The number of amides is 2. The van der Waals surface area contributed by atoms with Crippen molar-refractivity contribution >= 4 is 23.4 Å². The van der Waals surface area contributed by atoms with Crippen LogP contribution >= 0.6 is 11.6 Å². The second-order valence-electron chi connectivity index (χ2n) is 6.85. The molecule has 0 spiro atoms. The standard InChI is InChI=1S/C20H22ClN3O4/c1-23-11-18(28-12-14-4-2-3-5-15(14)21)17(25)10-16(23)20(27)24-8-6-13(7-9-24)19(22)26/h2-5,10-11,13H,6-9,12H2,1H3,(H2,22,26). The summed E-state index contributed by atoms with van der Waals surface area (Å²) in [6.45, 7) is 1.03. The minimum absolute atomic E-state index is 0.145. The van der Waals surface area contributed by atoms with E-state index >= 15 is 0 Å². The van der Waals surface area contributed by atoms with Gasteiger partial charge in [-0.25, -0.2) is 0 Å². The van der Waals surface area contributed by atoms with E-state index in [9.17, 15) is 14.4 Å². The average molecular weight is 404 g/mol. The Morgan fingerprint density at radius 3 is 2.57 bits per heavy atom. The van der Waals surface area contributed by atoms with Gasteiger partial charge in [-0.2, -0.15) is 0 Å². The number of piperidine rings is 1. The SMILES string of the molecule is Cn1cc(OCc2ccccc2Cl)c(=O)cc1C(=O)N1CCC(C(N)=O)CC1. The van der Waals surface area contributed by atoms with Crippen LogP contribution in [0.15, 0.2) is 41.3 Å². The van der Waals surface area contributed by atoms with Crippen molar-refractivity contribution in [3.05, 3.63) is 63.0 Å². The Balaban J connectivity index is 1.71. The molecule has 1 aromatic carbocycles. The molecule has 1 fully saturated rings. The van der Waals surface area contributed by atoms with Crippen molar-refractivity contribution in [3.8, 4) is 5.75 Å². The first kappa shape index (κ1) is 19.9. The summed E-state index contributed by atoms with van der Waals surface area (Å²) >= 11 is 6.10. The van der Waals surface area contributed by atoms with Crippen LogP contribution in [0.4, 0.5) is 0 Å². The number of nitrogens with two attached hydrogens (primary N) is 1. The van der Waals surface area contributed by atoms with E-state index in [0.717, 1.165) is 5.56 Å². The highest BCUT2D eigenvalue weighted by Crippen LogP contribution is 2.20. The number of ether oxygens (including phenoxy) is 1. The van der Waals surface area contributed by atoms with E-state index in [1.807, 2.05) is 18.2 Å². The molecule has 2 amide bonds. The number of carbonyl (C=O) groups excluding carboxylic acids is 2. The van der Waals surface area contributed by atoms with E-state index in [1.54, 1.807) is 22.6 Å². The normalized spacial score (nSPS) is 14.7. The molecule has 7 nitrogen and oxygen atoms in total. The fourth-order valence-electron chi connectivity index (χ4n) is 3.23. The summed E-state index contributed by atoms with van der Waals surface area (Å²) in [7, 11) is 1.69. The molecule has 148 valence electrons. The van der Waals surface area contributed by atoms with Crippen LogP contribution in [-0.4, -0.2) is 34.4 Å². The van der Waals surface area contributed by atoms with Crippen molar-refractivity contribution in [1.82, 2.24) is 9.47 Å². The second-order valence-corrected chi connectivity index (χ2v) is 7.25. The number of pyridine rings is 1. The minimum atomic E-state index is -0.375. The van der Waals surface area contributed by atoms with Gasteiger partial charge in [0.2, 0.25) is 11.3 Å². The quantitative estimate of drug-likeness (QED) is 0.825. The lowest BCUT2D eigenvalue weighted by atomic mass is 9.96. The number of hydrogen-bond donors (Lipinski definition) is 1. The van der Waals surface area contributed by atoms with Crippen molar-refractivity contribution in [1.29, 1.82) is 0 Å². The number of halogens is 1. The van der Waals surface area contributed by atoms with Crippen molar-refractivity contribution in [2.45, 2.75) is 19.4 Å². The third kappa shape index (κ3) is 4.36. The van der Waals surface area contributed by atoms with Gasteiger partial charge in [-0.3, -0.25) is 14.4 Å². The number of benzene rings is 1. The zero-order valence-electron chi connectivity index (χ0n) is 15.6. The van der Waals surface area contributed by atoms with Gasteiger partial charge in [0.1, 0.15) is 12.3 Å². The van der Waals surface area contributed by atoms with Gasteiger partial charge in [-0.05, 0) is 18.9 Å². The lowest BCUT2D eigenvalue weighted by Gasteiger charge is -2.31. The van der Waals surface area contributed by atoms with Crippen molar-refractivity contribution in [3.63, 3.8) is 0 Å². The zero-order valence-corrected chi connectivity index (χ0v) is 16.3. The van der Waals surface area contributed by atoms with Crippen LogP contribution < -0.4 is 15.9 Å². The van der Waals surface area contributed by atoms with Gasteiger partial charge in [-0.15, -0.1) is 0 Å². The first-order valence-corrected chi connectivity index (χ1v) is 9.40. The van der Waals surface area contributed by atoms with Crippen LogP contribution in [0.5, 0.6) is 5.75 Å². The van der Waals surface area contributed by atoms with Crippen LogP contribution in [0.3, 0.4) is 0 Å². The van der Waals surface area contributed by atoms with E-state index in [1.165, 1.54) is 12.3 Å². The van der Waals surface area contributed by atoms with Crippen molar-refractivity contribution in [2.75, 3.05) is 13.1 Å². The van der Waals surface area contributed by atoms with Crippen LogP contribution in [-0.2, 0) is 18.4 Å². The van der Waals surface area contributed by atoms with E-state index in [2.05, 4.69) is 0 Å². The molecule has 0 atom stereocenters. The molecule has 1 aromatic heterocycles. The van der Waals surface area contributed by atoms with Crippen LogP contribution in [0.1, 0.15) is 28.9 Å². The molecule has 0 unspecified atom stereocenters. The molecule has 1 saturated heterocycles. The van der Waals surface area contributed by atoms with Gasteiger partial charge in [0, 0.05) is 42.7 Å². The molecule has 0 saturated carbocycles. The fraction of sp³-hybridized carbons (Fsp3) is 0.350. The summed E-state index contributed by atoms with van der Waals surface area (Å²) in [5.74, 6) is -0.639. The zero-order chi connectivity index (χ0) is 20.3. The molecule has 3 rings (SSSR count). The van der Waals surface area contributed by atoms with E-state index in [0.29, 0.717) is 31.0 Å². The lowest BCUT2D eigenvalue weighted by molar-refractivity contribution is -0.123. The van der Waals surface area contributed by atoms with Gasteiger partial charge in [0.05, 0.1) is 6.20 Å². The Kier molecular flexibility index (Phi) is 6.04. The lowest BCUT2D eigenvalue weighted by Crippen LogP contribution is -2.42. The third-order valence-corrected chi connectivity index (χ3v) is 5.31. The number of aryl methyl sites for hydroxylation is 1. The molecule has 0 radical (unpaired) electrons. The maximum atomic E-state index is 12.8. The molecule has 1 aliphatic heterocycles. The predicted octanol–water partition coefficient (Wildman–Crippen LogP) is 1.96. The number of nitrogens with zero attached hydrogens (tertiary/aromatic N) is 2. The van der Waals surface area contributed by atoms with Crippen molar-refractivity contribution in [2.24, 2.45) is 18.7 Å². The van der Waals surface area contributed by atoms with Gasteiger partial charge >= 0.3 is 0 Å². The van der Waals surface area contributed by atoms with Gasteiger partial charge in [0.25, 0.3) is 5.91 Å². The van der Waals surface area contributed by atoms with Gasteiger partial charge in [-0.1, -0.05) is 29.8 Å². The highest BCUT2D eigenvalue weighted by molar-refractivity contribution is 6.31. The summed E-state index contributed by atoms with van der Waals surface area (Å²) in [6.07, 6.45) is 2.57. The monoisotopic (exact) mass is 403 g/mol. The molecule has 28 heavy (non-hydrogen) atoms. The maximum Gasteiger partial charge on any atom is 0.270 e. The topological polar surface area (TPSA) is 94.6 Å². The number of likely N-dealkylation sites (tertiary alicyclic amines) is 1. The predicted molar refractivity (Wildman–Crippen MR) is 105 cm³/mol. The Bertz CT molecular complexity index is 949. The summed E-state index contributed by atoms with van der Waals surface area (Å²) < 4.78 is 7.19. The fourth-order valence-corrected chi connectivity index (χ4v) is 3.42. The van der Waals surface area contributed by atoms with E-state index < -0.39 is 0 Å². The van der Waals surface area contributed by atoms with Crippen LogP contribution in [0, 0.1) is 5.92 Å². The molecule has 1 aliphatic rings. The van der Waals surface area contributed by atoms with E-state index in [4.69, 9.17) is 22.1 Å². The third-order valence-electron chi connectivity index (χ3n) is 4.95. The van der Waals surface area contributed by atoms with Gasteiger partial charge < -0.3 is 19.9 Å². The summed E-state index contributed by atoms with van der Waals surface area (Å²) in [5, 5.41) is 0.561. The van der Waals surface area contributed by atoms with Gasteiger partial charge in [0.15, 0.2) is 5.75 Å². The molecule has 2 heterocycles. The number of primary amides is 1. The molecule has 2 N–H and O–H groups in total. The van der Waals surface area contributed by atoms with Crippen LogP contribution in [0.25, 0.3) is 0 Å². The second kappa shape index (κ2) is 8.48. The Morgan fingerprint density at radius 1 is 1.25 bits per heavy atom. The number of carbonyl (C=O) groups is 2. The first-order valence-electron chi connectivity index (χ1n) is 9.02. The summed E-state index contributed by atoms with van der Waals surface area (Å²) in [6, 6.07) is 8.51. The maximum absolute atomic E-state index is 12.8. The van der Waals surface area contributed by atoms with Crippen LogP contribution in [0.2, 0.25) is 5.02 Å². The summed E-state index contributed by atoms with van der Waals surface area (Å²) in [5.41, 5.74) is 5.99. The smallest absolute Gasteiger partial charge is 0.270 e. The average Bonchev–Trinajstić information content (AvgIpc) is 2.69. The molecule has 0 aliphatic carbocycles. The first-order chi connectivity index (χ1) is 13.4. The molecular weight excluding hydrogens is 382 g/mol. The number of aromatic nitrogens is 1. The number of hydrogen-bond acceptors (Lipinski definition) is 4. The summed E-state index contributed by atoms with van der Waals surface area (Å²) in [4.78, 5) is 38.1.